The minimum atomic E-state index is -5.74. The number of rotatable bonds is 10. The highest BCUT2D eigenvalue weighted by Gasteiger charge is 2.61. The van der Waals surface area contributed by atoms with Gasteiger partial charge < -0.3 is 29.1 Å². The number of phenolic OH excluding ortho intramolecular Hbond substituents is 1. The number of aromatic hydroxyl groups is 1. The van der Waals surface area contributed by atoms with E-state index < -0.39 is 55.8 Å². The van der Waals surface area contributed by atoms with Crippen LogP contribution in [-0.4, -0.2) is 144 Å². The summed E-state index contributed by atoms with van der Waals surface area (Å²) in [5.74, 6) is 0.682. The molecule has 2 amide bonds. The molecule has 10 nitrogen and oxygen atoms in total. The van der Waals surface area contributed by atoms with E-state index in [0.717, 1.165) is 59.7 Å². The lowest BCUT2D eigenvalue weighted by molar-refractivity contribution is -0.309. The Kier molecular flexibility index (Phi) is 20.7. The molecule has 4 aliphatic rings. The van der Waals surface area contributed by atoms with E-state index in [-0.39, 0.29) is 63.7 Å². The number of ether oxygens (including phenoxy) is 3. The van der Waals surface area contributed by atoms with Gasteiger partial charge in [0.25, 0.3) is 12.2 Å². The highest BCUT2D eigenvalue weighted by Crippen LogP contribution is 2.43. The molecule has 4 aliphatic heterocycles. The van der Waals surface area contributed by atoms with Gasteiger partial charge in [0.05, 0.1) is 6.67 Å². The molecular weight excluding hydrogens is 946 g/mol. The predicted molar refractivity (Wildman–Crippen MR) is 220 cm³/mol. The van der Waals surface area contributed by atoms with Crippen LogP contribution in [0.1, 0.15) is 83.3 Å². The number of alkyl halides is 14. The number of amides is 2. The van der Waals surface area contributed by atoms with Crippen molar-refractivity contribution in [1.29, 1.82) is 0 Å². The molecule has 24 heteroatoms. The minimum Gasteiger partial charge on any atom is -0.508 e. The molecule has 4 saturated heterocycles. The lowest BCUT2D eigenvalue weighted by atomic mass is 9.85. The number of nitrogens with zero attached hydrogens (tertiary/aromatic N) is 4. The van der Waals surface area contributed by atoms with Gasteiger partial charge in [0.1, 0.15) is 24.8 Å². The van der Waals surface area contributed by atoms with E-state index in [2.05, 4.69) is 19.3 Å². The second-order valence-electron chi connectivity index (χ2n) is 16.7. The number of likely N-dealkylation sites (tertiary alicyclic amines) is 4. The molecule has 4 fully saturated rings. The molecule has 0 aliphatic carbocycles. The summed E-state index contributed by atoms with van der Waals surface area (Å²) in [4.78, 5) is 30.3. The van der Waals surface area contributed by atoms with Crippen LogP contribution < -0.4 is 4.74 Å². The molecule has 68 heavy (non-hydrogen) atoms. The van der Waals surface area contributed by atoms with Crippen molar-refractivity contribution in [2.75, 3.05) is 59.2 Å². The van der Waals surface area contributed by atoms with Gasteiger partial charge in [-0.25, -0.2) is 14.0 Å². The highest BCUT2D eigenvalue weighted by molar-refractivity contribution is 5.68. The summed E-state index contributed by atoms with van der Waals surface area (Å²) < 4.78 is 188. The average molecular weight is 1000 g/mol. The van der Waals surface area contributed by atoms with Gasteiger partial charge in [-0.05, 0) is 106 Å². The molecule has 388 valence electrons. The highest BCUT2D eigenvalue weighted by atomic mass is 19.4. The van der Waals surface area contributed by atoms with Crippen LogP contribution in [-0.2, 0) is 22.6 Å². The fourth-order valence-corrected chi connectivity index (χ4v) is 8.80. The van der Waals surface area contributed by atoms with Crippen molar-refractivity contribution in [2.24, 2.45) is 0 Å². The Morgan fingerprint density at radius 2 is 0.985 bits per heavy atom. The van der Waals surface area contributed by atoms with Crippen LogP contribution in [0.2, 0.25) is 0 Å². The van der Waals surface area contributed by atoms with Gasteiger partial charge in [-0.2, -0.15) is 52.7 Å². The molecule has 0 bridgehead atoms. The van der Waals surface area contributed by atoms with Gasteiger partial charge in [0, 0.05) is 50.3 Å². The Hall–Kier alpha value is -4.48. The van der Waals surface area contributed by atoms with Crippen molar-refractivity contribution in [3.8, 4) is 11.5 Å². The maximum atomic E-state index is 12.7. The average Bonchev–Trinajstić information content (AvgIpc) is 3.81. The maximum absolute atomic E-state index is 12.7. The van der Waals surface area contributed by atoms with Crippen LogP contribution in [0.4, 0.5) is 71.1 Å². The third kappa shape index (κ3) is 16.0. The quantitative estimate of drug-likeness (QED) is 0.235. The predicted octanol–water partition coefficient (Wildman–Crippen LogP) is 11.5. The van der Waals surface area contributed by atoms with E-state index in [9.17, 15) is 76.2 Å². The van der Waals surface area contributed by atoms with E-state index in [1.54, 1.807) is 37.3 Å². The van der Waals surface area contributed by atoms with Gasteiger partial charge in [-0.3, -0.25) is 14.2 Å². The number of hydrogen-bond acceptors (Lipinski definition) is 8. The Morgan fingerprint density at radius 3 is 1.34 bits per heavy atom. The largest absolute Gasteiger partial charge is 0.508 e. The molecule has 6 rings (SSSR count). The SMILES string of the molecule is C.CCCF.O=C(OC(C(F)(F)F)C(F)(F)F)N1CCC2(CCCN2Cc2cccc(O)c2)CC1.O=C(OC(C(F)(F)F)C(F)(F)F)N1CCC2(CCCN2Cc2cccc(OCCF)c2)CC1. The first kappa shape index (κ1) is 57.8. The molecule has 4 heterocycles. The van der Waals surface area contributed by atoms with Gasteiger partial charge in [0.2, 0.25) is 0 Å². The van der Waals surface area contributed by atoms with Crippen LogP contribution in [0.15, 0.2) is 48.5 Å². The summed E-state index contributed by atoms with van der Waals surface area (Å²) in [6.45, 7) is 3.65. The summed E-state index contributed by atoms with van der Waals surface area (Å²) in [7, 11) is 0. The Balaban J connectivity index is 0.000000331. The molecular formula is C44H58F14N4O6. The zero-order chi connectivity index (χ0) is 49.8. The van der Waals surface area contributed by atoms with Crippen molar-refractivity contribution in [2.45, 2.75) is 133 Å². The third-order valence-electron chi connectivity index (χ3n) is 12.1. The van der Waals surface area contributed by atoms with Crippen molar-refractivity contribution in [1.82, 2.24) is 19.6 Å². The topological polar surface area (TPSA) is 95.0 Å². The number of carbonyl (C=O) groups is 2. The summed E-state index contributed by atoms with van der Waals surface area (Å²) in [5.41, 5.74) is 1.25. The van der Waals surface area contributed by atoms with Gasteiger partial charge in [0.15, 0.2) is 0 Å². The summed E-state index contributed by atoms with van der Waals surface area (Å²) in [5, 5.41) is 9.63. The maximum Gasteiger partial charge on any atom is 0.434 e. The first-order valence-corrected chi connectivity index (χ1v) is 21.6. The van der Waals surface area contributed by atoms with E-state index in [0.29, 0.717) is 50.9 Å². The van der Waals surface area contributed by atoms with Crippen molar-refractivity contribution in [3.63, 3.8) is 0 Å². The van der Waals surface area contributed by atoms with Crippen LogP contribution in [0.5, 0.6) is 11.5 Å². The lowest BCUT2D eigenvalue weighted by Crippen LogP contribution is -2.54. The fourth-order valence-electron chi connectivity index (χ4n) is 8.80. The molecule has 0 aromatic heterocycles. The van der Waals surface area contributed by atoms with Crippen LogP contribution in [0.25, 0.3) is 0 Å². The van der Waals surface area contributed by atoms with E-state index >= 15 is 0 Å². The Morgan fingerprint density at radius 1 is 0.603 bits per heavy atom. The Bertz CT molecular complexity index is 1840. The zero-order valence-corrected chi connectivity index (χ0v) is 36.5. The second kappa shape index (κ2) is 24.4. The standard InChI is InChI=1S/C21H25F7N2O3.C19H22F6N2O3.C3H7F.CH4/c22-8-12-32-16-4-1-3-15(13-16)14-30-9-2-5-19(30)6-10-29(11-7-19)18(31)33-17(20(23,24)25)21(26,27)28;20-18(21,22)15(19(23,24)25)30-16(29)26-9-6-17(7-10-26)5-2-8-27(17)12-13-3-1-4-14(28)11-13;1-2-3-4;/h1,3-4,13,17H,2,5-12,14H2;1,3-4,11,15,28H,2,5-10,12H2;2-3H2,1H3;1H4. The number of piperidine rings is 2. The number of benzene rings is 2. The zero-order valence-electron chi connectivity index (χ0n) is 36.5. The van der Waals surface area contributed by atoms with Crippen molar-refractivity contribution < 1.29 is 90.4 Å². The molecule has 2 aromatic rings. The van der Waals surface area contributed by atoms with Crippen molar-refractivity contribution in [3.05, 3.63) is 59.7 Å². The lowest BCUT2D eigenvalue weighted by Gasteiger charge is -2.45. The summed E-state index contributed by atoms with van der Waals surface area (Å²) in [6, 6.07) is 14.0. The van der Waals surface area contributed by atoms with E-state index in [1.165, 1.54) is 0 Å². The van der Waals surface area contributed by atoms with Crippen LogP contribution in [0.3, 0.4) is 0 Å². The van der Waals surface area contributed by atoms with E-state index in [1.807, 2.05) is 18.2 Å². The van der Waals surface area contributed by atoms with Crippen LogP contribution in [0, 0.1) is 0 Å². The minimum absolute atomic E-state index is 0. The second-order valence-corrected chi connectivity index (χ2v) is 16.7. The van der Waals surface area contributed by atoms with E-state index in [4.69, 9.17) is 4.74 Å². The first-order valence-electron chi connectivity index (χ1n) is 21.6. The number of carbonyl (C=O) groups excluding carboxylic acids is 2. The van der Waals surface area contributed by atoms with Gasteiger partial charge in [-0.1, -0.05) is 38.6 Å². The first-order chi connectivity index (χ1) is 31.3. The molecule has 0 atom stereocenters. The smallest absolute Gasteiger partial charge is 0.434 e. The normalized spacial score (nSPS) is 18.7. The number of phenols is 1. The molecule has 2 aromatic carbocycles. The van der Waals surface area contributed by atoms with Gasteiger partial charge >= 0.3 is 36.9 Å². The number of hydrogen-bond donors (Lipinski definition) is 1. The van der Waals surface area contributed by atoms with Gasteiger partial charge in [-0.15, -0.1) is 0 Å². The molecule has 1 N–H and O–H groups in total. The monoisotopic (exact) mass is 1000 g/mol. The Labute approximate surface area is 385 Å². The molecule has 0 saturated carbocycles. The summed E-state index contributed by atoms with van der Waals surface area (Å²) >= 11 is 0. The van der Waals surface area contributed by atoms with Crippen LogP contribution >= 0.6 is 0 Å². The molecule has 2 spiro atoms. The van der Waals surface area contributed by atoms with Crippen molar-refractivity contribution >= 4 is 12.2 Å². The molecule has 0 radical (unpaired) electrons. The number of halogens is 14. The third-order valence-corrected chi connectivity index (χ3v) is 12.1. The summed E-state index contributed by atoms with van der Waals surface area (Å²) in [6.07, 6.45) is -28.7. The molecule has 0 unspecified atom stereocenters. The fraction of sp³-hybridized carbons (Fsp3) is 0.682.